The fourth-order valence-electron chi connectivity index (χ4n) is 1.78. The van der Waals surface area contributed by atoms with E-state index < -0.39 is 9.84 Å². The quantitative estimate of drug-likeness (QED) is 0.867. The Morgan fingerprint density at radius 2 is 1.91 bits per heavy atom. The third-order valence-electron chi connectivity index (χ3n) is 2.97. The van der Waals surface area contributed by atoms with Gasteiger partial charge in [-0.3, -0.25) is 4.79 Å². The zero-order valence-electron chi connectivity index (χ0n) is 12.0. The molecule has 1 aromatic heterocycles. The van der Waals surface area contributed by atoms with Crippen LogP contribution in [0.15, 0.2) is 53.6 Å². The van der Waals surface area contributed by atoms with Gasteiger partial charge >= 0.3 is 0 Å². The number of nitrogens with zero attached hydrogens (tertiary/aromatic N) is 1. The Kier molecular flexibility index (Phi) is 5.11. The van der Waals surface area contributed by atoms with Crippen molar-refractivity contribution in [3.63, 3.8) is 0 Å². The second-order valence-corrected chi connectivity index (χ2v) is 6.59. The minimum atomic E-state index is -3.40. The number of methoxy groups -OCH3 is 1. The van der Waals surface area contributed by atoms with Gasteiger partial charge in [0.15, 0.2) is 9.84 Å². The van der Waals surface area contributed by atoms with Gasteiger partial charge in [-0.2, -0.15) is 0 Å². The number of rotatable bonds is 6. The second kappa shape index (κ2) is 7.04. The molecule has 0 bridgehead atoms. The number of nitrogens with one attached hydrogen (secondary N) is 1. The topological polar surface area (TPSA) is 85.4 Å². The molecule has 0 unspecified atom stereocenters. The Balaban J connectivity index is 1.91. The summed E-state index contributed by atoms with van der Waals surface area (Å²) in [5, 5.41) is 2.56. The standard InChI is InChI=1S/C15H16N2O4S/c1-21-14-8-7-12(11-17-14)15(18)16-9-10-22(19,20)13-5-3-2-4-6-13/h2-8,11H,9-10H2,1H3,(H,16,18). The van der Waals surface area contributed by atoms with Gasteiger partial charge in [0.25, 0.3) is 5.91 Å². The van der Waals surface area contributed by atoms with Crippen LogP contribution in [0.4, 0.5) is 0 Å². The van der Waals surface area contributed by atoms with Crippen LogP contribution in [0.3, 0.4) is 0 Å². The number of carbonyl (C=O) groups excluding carboxylic acids is 1. The molecular weight excluding hydrogens is 304 g/mol. The summed E-state index contributed by atoms with van der Waals surface area (Å²) in [7, 11) is -1.92. The molecule has 0 aliphatic rings. The predicted octanol–water partition coefficient (Wildman–Crippen LogP) is 1.29. The van der Waals surface area contributed by atoms with Gasteiger partial charge in [-0.1, -0.05) is 18.2 Å². The summed E-state index contributed by atoms with van der Waals surface area (Å²) in [6.45, 7) is 0.0299. The van der Waals surface area contributed by atoms with E-state index >= 15 is 0 Å². The summed E-state index contributed by atoms with van der Waals surface area (Å²) in [6, 6.07) is 11.3. The molecule has 1 N–H and O–H groups in total. The zero-order chi connectivity index (χ0) is 16.0. The Morgan fingerprint density at radius 3 is 2.50 bits per heavy atom. The van der Waals surface area contributed by atoms with Crippen LogP contribution in [0.5, 0.6) is 5.88 Å². The lowest BCUT2D eigenvalue weighted by Crippen LogP contribution is -2.29. The van der Waals surface area contributed by atoms with Crippen molar-refractivity contribution in [3.8, 4) is 5.88 Å². The molecule has 1 aromatic carbocycles. The van der Waals surface area contributed by atoms with Crippen LogP contribution in [0.25, 0.3) is 0 Å². The molecule has 0 fully saturated rings. The molecule has 1 heterocycles. The number of pyridine rings is 1. The first-order chi connectivity index (χ1) is 10.5. The maximum absolute atomic E-state index is 12.1. The third kappa shape index (κ3) is 4.05. The molecule has 2 rings (SSSR count). The summed E-state index contributed by atoms with van der Waals surface area (Å²) in [6.07, 6.45) is 1.37. The highest BCUT2D eigenvalue weighted by molar-refractivity contribution is 7.91. The van der Waals surface area contributed by atoms with E-state index in [1.807, 2.05) is 0 Å². The van der Waals surface area contributed by atoms with Crippen molar-refractivity contribution < 1.29 is 17.9 Å². The lowest BCUT2D eigenvalue weighted by atomic mass is 10.2. The Labute approximate surface area is 129 Å². The Hall–Kier alpha value is -2.41. The van der Waals surface area contributed by atoms with E-state index in [0.29, 0.717) is 11.4 Å². The molecule has 0 atom stereocenters. The van der Waals surface area contributed by atoms with Gasteiger partial charge in [-0.05, 0) is 18.2 Å². The fourth-order valence-corrected chi connectivity index (χ4v) is 2.96. The van der Waals surface area contributed by atoms with Crippen molar-refractivity contribution in [2.24, 2.45) is 0 Å². The SMILES string of the molecule is COc1ccc(C(=O)NCCS(=O)(=O)c2ccccc2)cn1. The van der Waals surface area contributed by atoms with Gasteiger partial charge in [0, 0.05) is 18.8 Å². The molecular formula is C15H16N2O4S. The number of amides is 1. The summed E-state index contributed by atoms with van der Waals surface area (Å²) in [5.74, 6) is -0.131. The van der Waals surface area contributed by atoms with Gasteiger partial charge in [0.2, 0.25) is 5.88 Å². The average molecular weight is 320 g/mol. The van der Waals surface area contributed by atoms with Crippen molar-refractivity contribution >= 4 is 15.7 Å². The highest BCUT2D eigenvalue weighted by Gasteiger charge is 2.14. The number of hydrogen-bond donors (Lipinski definition) is 1. The summed E-state index contributed by atoms with van der Waals surface area (Å²) < 4.78 is 29.0. The summed E-state index contributed by atoms with van der Waals surface area (Å²) in [4.78, 5) is 16.0. The number of aromatic nitrogens is 1. The van der Waals surface area contributed by atoms with Crippen LogP contribution < -0.4 is 10.1 Å². The average Bonchev–Trinajstić information content (AvgIpc) is 2.55. The van der Waals surface area contributed by atoms with Crippen LogP contribution in [0, 0.1) is 0 Å². The fraction of sp³-hybridized carbons (Fsp3) is 0.200. The molecule has 0 spiro atoms. The lowest BCUT2D eigenvalue weighted by Gasteiger charge is -2.07. The maximum Gasteiger partial charge on any atom is 0.252 e. The van der Waals surface area contributed by atoms with Crippen LogP contribution in [-0.2, 0) is 9.84 Å². The summed E-state index contributed by atoms with van der Waals surface area (Å²) in [5.41, 5.74) is 0.345. The van der Waals surface area contributed by atoms with Crippen LogP contribution in [0.1, 0.15) is 10.4 Å². The van der Waals surface area contributed by atoms with E-state index in [2.05, 4.69) is 10.3 Å². The molecule has 7 heteroatoms. The number of carbonyl (C=O) groups is 1. The maximum atomic E-state index is 12.1. The van der Waals surface area contributed by atoms with Gasteiger partial charge in [-0.25, -0.2) is 13.4 Å². The minimum Gasteiger partial charge on any atom is -0.481 e. The molecule has 2 aromatic rings. The lowest BCUT2D eigenvalue weighted by molar-refractivity contribution is 0.0955. The Bertz CT molecular complexity index is 728. The van der Waals surface area contributed by atoms with Crippen LogP contribution in [-0.4, -0.2) is 38.7 Å². The number of hydrogen-bond acceptors (Lipinski definition) is 5. The van der Waals surface area contributed by atoms with Gasteiger partial charge in [0.1, 0.15) is 0 Å². The first-order valence-electron chi connectivity index (χ1n) is 6.59. The second-order valence-electron chi connectivity index (χ2n) is 4.48. The van der Waals surface area contributed by atoms with Crippen LogP contribution in [0.2, 0.25) is 0 Å². The monoisotopic (exact) mass is 320 g/mol. The molecule has 1 amide bonds. The van der Waals surface area contributed by atoms with E-state index in [1.165, 1.54) is 25.4 Å². The molecule has 0 aliphatic carbocycles. The van der Waals surface area contributed by atoms with E-state index in [0.717, 1.165) is 0 Å². The van der Waals surface area contributed by atoms with Crippen molar-refractivity contribution in [1.29, 1.82) is 0 Å². The minimum absolute atomic E-state index is 0.0299. The van der Waals surface area contributed by atoms with Crippen molar-refractivity contribution in [2.45, 2.75) is 4.90 Å². The van der Waals surface area contributed by atoms with E-state index in [9.17, 15) is 13.2 Å². The van der Waals surface area contributed by atoms with Gasteiger partial charge in [-0.15, -0.1) is 0 Å². The van der Waals surface area contributed by atoms with Gasteiger partial charge < -0.3 is 10.1 Å². The highest BCUT2D eigenvalue weighted by atomic mass is 32.2. The van der Waals surface area contributed by atoms with Crippen molar-refractivity contribution in [2.75, 3.05) is 19.4 Å². The van der Waals surface area contributed by atoms with Crippen LogP contribution >= 0.6 is 0 Å². The van der Waals surface area contributed by atoms with Gasteiger partial charge in [0.05, 0.1) is 23.3 Å². The highest BCUT2D eigenvalue weighted by Crippen LogP contribution is 2.10. The van der Waals surface area contributed by atoms with Crippen molar-refractivity contribution in [1.82, 2.24) is 10.3 Å². The first-order valence-corrected chi connectivity index (χ1v) is 8.24. The molecule has 22 heavy (non-hydrogen) atoms. The van der Waals surface area contributed by atoms with Crippen molar-refractivity contribution in [3.05, 3.63) is 54.2 Å². The Morgan fingerprint density at radius 1 is 1.18 bits per heavy atom. The largest absolute Gasteiger partial charge is 0.481 e. The number of ether oxygens (including phenoxy) is 1. The third-order valence-corrected chi connectivity index (χ3v) is 4.70. The molecule has 116 valence electrons. The summed E-state index contributed by atoms with van der Waals surface area (Å²) >= 11 is 0. The molecule has 6 nitrogen and oxygen atoms in total. The molecule has 0 saturated heterocycles. The molecule has 0 radical (unpaired) electrons. The smallest absolute Gasteiger partial charge is 0.252 e. The van der Waals surface area contributed by atoms with E-state index in [1.54, 1.807) is 30.3 Å². The predicted molar refractivity (Wildman–Crippen MR) is 81.6 cm³/mol. The molecule has 0 saturated carbocycles. The van der Waals surface area contributed by atoms with E-state index in [-0.39, 0.29) is 23.1 Å². The molecule has 0 aliphatic heterocycles. The normalized spacial score (nSPS) is 11.0. The van der Waals surface area contributed by atoms with E-state index in [4.69, 9.17) is 4.74 Å². The number of sulfone groups is 1. The zero-order valence-corrected chi connectivity index (χ0v) is 12.8. The number of benzene rings is 1. The first kappa shape index (κ1) is 16.0.